The molecular formula is C10H13ClN2O. The van der Waals surface area contributed by atoms with Crippen LogP contribution >= 0.6 is 11.6 Å². The molecule has 2 N–H and O–H groups in total. The van der Waals surface area contributed by atoms with Crippen LogP contribution in [0.3, 0.4) is 0 Å². The molecule has 3 nitrogen and oxygen atoms in total. The maximum atomic E-state index is 11.4. The number of hydrogen-bond donors (Lipinski definition) is 2. The van der Waals surface area contributed by atoms with E-state index in [2.05, 4.69) is 10.6 Å². The maximum absolute atomic E-state index is 11.4. The van der Waals surface area contributed by atoms with Crippen LogP contribution in [-0.4, -0.2) is 19.5 Å². The molecule has 0 aliphatic carbocycles. The highest BCUT2D eigenvalue weighted by atomic mass is 35.5. The first-order valence-corrected chi connectivity index (χ1v) is 4.82. The minimum atomic E-state index is -0.172. The van der Waals surface area contributed by atoms with Gasteiger partial charge >= 0.3 is 0 Å². The molecule has 0 fully saturated rings. The van der Waals surface area contributed by atoms with Crippen molar-refractivity contribution in [3.05, 3.63) is 28.8 Å². The lowest BCUT2D eigenvalue weighted by Gasteiger charge is -2.07. The molecule has 1 aromatic carbocycles. The maximum Gasteiger partial charge on any atom is 0.252 e. The van der Waals surface area contributed by atoms with Crippen LogP contribution in [0.4, 0.5) is 5.69 Å². The van der Waals surface area contributed by atoms with E-state index in [-0.39, 0.29) is 5.91 Å². The van der Waals surface area contributed by atoms with E-state index in [0.717, 1.165) is 12.2 Å². The molecule has 0 bridgehead atoms. The highest BCUT2D eigenvalue weighted by Crippen LogP contribution is 2.20. The van der Waals surface area contributed by atoms with E-state index in [9.17, 15) is 4.79 Å². The second kappa shape index (κ2) is 4.86. The van der Waals surface area contributed by atoms with Gasteiger partial charge in [-0.1, -0.05) is 11.6 Å². The predicted octanol–water partition coefficient (Wildman–Crippen LogP) is 2.13. The van der Waals surface area contributed by atoms with Crippen molar-refractivity contribution in [3.63, 3.8) is 0 Å². The number of carbonyl (C=O) groups is 1. The van der Waals surface area contributed by atoms with Gasteiger partial charge in [-0.2, -0.15) is 0 Å². The Morgan fingerprint density at radius 3 is 2.79 bits per heavy atom. The molecular weight excluding hydrogens is 200 g/mol. The average Bonchev–Trinajstić information content (AvgIpc) is 2.20. The highest BCUT2D eigenvalue weighted by molar-refractivity contribution is 6.34. The lowest BCUT2D eigenvalue weighted by Crippen LogP contribution is -2.18. The third kappa shape index (κ3) is 2.39. The highest BCUT2D eigenvalue weighted by Gasteiger charge is 2.08. The summed E-state index contributed by atoms with van der Waals surface area (Å²) in [5, 5.41) is 6.12. The SMILES string of the molecule is CCNc1ccc(Cl)c(C(=O)NC)c1. The smallest absolute Gasteiger partial charge is 0.252 e. The number of amides is 1. The van der Waals surface area contributed by atoms with Crippen molar-refractivity contribution in [1.29, 1.82) is 0 Å². The topological polar surface area (TPSA) is 41.1 Å². The Morgan fingerprint density at radius 1 is 1.50 bits per heavy atom. The van der Waals surface area contributed by atoms with Crippen molar-refractivity contribution in [3.8, 4) is 0 Å². The molecule has 76 valence electrons. The molecule has 0 saturated heterocycles. The van der Waals surface area contributed by atoms with Crippen LogP contribution in [0.2, 0.25) is 5.02 Å². The first kappa shape index (κ1) is 10.9. The van der Waals surface area contributed by atoms with Gasteiger partial charge in [0.25, 0.3) is 5.91 Å². The standard InChI is InChI=1S/C10H13ClN2O/c1-3-13-7-4-5-9(11)8(6-7)10(14)12-2/h4-6,13H,3H2,1-2H3,(H,12,14). The van der Waals surface area contributed by atoms with Crippen LogP contribution < -0.4 is 10.6 Å². The third-order valence-electron chi connectivity index (χ3n) is 1.82. The Morgan fingerprint density at radius 2 is 2.21 bits per heavy atom. The lowest BCUT2D eigenvalue weighted by molar-refractivity contribution is 0.0963. The Bertz CT molecular complexity index is 339. The van der Waals surface area contributed by atoms with Gasteiger partial charge in [-0.05, 0) is 25.1 Å². The van der Waals surface area contributed by atoms with Crippen molar-refractivity contribution in [1.82, 2.24) is 5.32 Å². The summed E-state index contributed by atoms with van der Waals surface area (Å²) in [4.78, 5) is 11.4. The molecule has 0 heterocycles. The Hall–Kier alpha value is -1.22. The van der Waals surface area contributed by atoms with Crippen molar-refractivity contribution in [2.75, 3.05) is 18.9 Å². The molecule has 0 saturated carbocycles. The van der Waals surface area contributed by atoms with Crippen LogP contribution in [0.15, 0.2) is 18.2 Å². The van der Waals surface area contributed by atoms with Crippen LogP contribution in [0.25, 0.3) is 0 Å². The van der Waals surface area contributed by atoms with E-state index in [4.69, 9.17) is 11.6 Å². The molecule has 1 rings (SSSR count). The zero-order valence-corrected chi connectivity index (χ0v) is 8.98. The second-order valence-corrected chi connectivity index (χ2v) is 3.21. The van der Waals surface area contributed by atoms with E-state index in [1.165, 1.54) is 0 Å². The van der Waals surface area contributed by atoms with E-state index in [1.54, 1.807) is 19.2 Å². The molecule has 14 heavy (non-hydrogen) atoms. The molecule has 0 aromatic heterocycles. The second-order valence-electron chi connectivity index (χ2n) is 2.80. The number of rotatable bonds is 3. The monoisotopic (exact) mass is 212 g/mol. The molecule has 1 aromatic rings. The summed E-state index contributed by atoms with van der Waals surface area (Å²) in [6.07, 6.45) is 0. The van der Waals surface area contributed by atoms with Gasteiger partial charge in [0, 0.05) is 19.3 Å². The fraction of sp³-hybridized carbons (Fsp3) is 0.300. The molecule has 0 aliphatic rings. The van der Waals surface area contributed by atoms with Crippen LogP contribution in [0.5, 0.6) is 0 Å². The summed E-state index contributed by atoms with van der Waals surface area (Å²) < 4.78 is 0. The number of carbonyl (C=O) groups excluding carboxylic acids is 1. The summed E-state index contributed by atoms with van der Waals surface area (Å²) in [6.45, 7) is 2.81. The third-order valence-corrected chi connectivity index (χ3v) is 2.15. The minimum Gasteiger partial charge on any atom is -0.385 e. The lowest BCUT2D eigenvalue weighted by atomic mass is 10.2. The van der Waals surface area contributed by atoms with Gasteiger partial charge in [0.1, 0.15) is 0 Å². The number of anilines is 1. The molecule has 0 unspecified atom stereocenters. The van der Waals surface area contributed by atoms with Gasteiger partial charge in [-0.15, -0.1) is 0 Å². The van der Waals surface area contributed by atoms with Gasteiger partial charge in [-0.3, -0.25) is 4.79 Å². The molecule has 0 aliphatic heterocycles. The Kier molecular flexibility index (Phi) is 3.77. The molecule has 0 radical (unpaired) electrons. The van der Waals surface area contributed by atoms with Crippen LogP contribution in [0, 0.1) is 0 Å². The zero-order valence-electron chi connectivity index (χ0n) is 8.23. The van der Waals surface area contributed by atoms with Crippen LogP contribution in [0.1, 0.15) is 17.3 Å². The summed E-state index contributed by atoms with van der Waals surface area (Å²) in [5.74, 6) is -0.172. The molecule has 0 spiro atoms. The van der Waals surface area contributed by atoms with Gasteiger partial charge in [-0.25, -0.2) is 0 Å². The van der Waals surface area contributed by atoms with E-state index < -0.39 is 0 Å². The van der Waals surface area contributed by atoms with E-state index >= 15 is 0 Å². The van der Waals surface area contributed by atoms with Gasteiger partial charge in [0.05, 0.1) is 10.6 Å². The largest absolute Gasteiger partial charge is 0.385 e. The van der Waals surface area contributed by atoms with Crippen molar-refractivity contribution in [2.24, 2.45) is 0 Å². The van der Waals surface area contributed by atoms with E-state index in [0.29, 0.717) is 10.6 Å². The summed E-state index contributed by atoms with van der Waals surface area (Å²) in [5.41, 5.74) is 1.39. The summed E-state index contributed by atoms with van der Waals surface area (Å²) >= 11 is 5.88. The zero-order chi connectivity index (χ0) is 10.6. The molecule has 1 amide bonds. The van der Waals surface area contributed by atoms with Gasteiger partial charge < -0.3 is 10.6 Å². The summed E-state index contributed by atoms with van der Waals surface area (Å²) in [6, 6.07) is 5.30. The Labute approximate surface area is 88.5 Å². The fourth-order valence-electron chi connectivity index (χ4n) is 1.15. The van der Waals surface area contributed by atoms with Gasteiger partial charge in [0.15, 0.2) is 0 Å². The molecule has 4 heteroatoms. The normalized spacial score (nSPS) is 9.64. The number of benzene rings is 1. The first-order chi connectivity index (χ1) is 6.69. The fourth-order valence-corrected chi connectivity index (χ4v) is 1.35. The summed E-state index contributed by atoms with van der Waals surface area (Å²) in [7, 11) is 1.58. The number of hydrogen-bond acceptors (Lipinski definition) is 2. The van der Waals surface area contributed by atoms with Crippen LogP contribution in [-0.2, 0) is 0 Å². The number of halogens is 1. The van der Waals surface area contributed by atoms with Crippen molar-refractivity contribution < 1.29 is 4.79 Å². The van der Waals surface area contributed by atoms with Crippen molar-refractivity contribution in [2.45, 2.75) is 6.92 Å². The quantitative estimate of drug-likeness (QED) is 0.806. The van der Waals surface area contributed by atoms with Crippen molar-refractivity contribution >= 4 is 23.2 Å². The average molecular weight is 213 g/mol. The number of nitrogens with one attached hydrogen (secondary N) is 2. The first-order valence-electron chi connectivity index (χ1n) is 4.44. The van der Waals surface area contributed by atoms with E-state index in [1.807, 2.05) is 13.0 Å². The minimum absolute atomic E-state index is 0.172. The van der Waals surface area contributed by atoms with Gasteiger partial charge in [0.2, 0.25) is 0 Å². The molecule has 0 atom stereocenters. The predicted molar refractivity (Wildman–Crippen MR) is 59.0 cm³/mol. The Balaban J connectivity index is 3.01.